The van der Waals surface area contributed by atoms with E-state index in [1.807, 2.05) is 0 Å². The molecule has 0 spiro atoms. The third kappa shape index (κ3) is 5.68. The lowest BCUT2D eigenvalue weighted by Gasteiger charge is -2.13. The van der Waals surface area contributed by atoms with Gasteiger partial charge in [0, 0.05) is 13.2 Å². The van der Waals surface area contributed by atoms with Crippen molar-refractivity contribution in [2.75, 3.05) is 19.8 Å². The number of aromatic nitrogens is 2. The van der Waals surface area contributed by atoms with Crippen molar-refractivity contribution in [3.8, 4) is 5.69 Å². The molecule has 0 saturated carbocycles. The molecule has 0 fully saturated rings. The maximum absolute atomic E-state index is 13.8. The Kier molecular flexibility index (Phi) is 6.65. The van der Waals surface area contributed by atoms with Gasteiger partial charge >= 0.3 is 12.4 Å². The van der Waals surface area contributed by atoms with Gasteiger partial charge in [0.1, 0.15) is 18.1 Å². The van der Waals surface area contributed by atoms with Gasteiger partial charge in [-0.05, 0) is 18.6 Å². The maximum Gasteiger partial charge on any atom is 0.434 e. The molecular weight excluding hydrogens is 399 g/mol. The fraction of sp³-hybridized carbons (Fsp3) is 0.375. The number of rotatable bonds is 7. The van der Waals surface area contributed by atoms with Crippen LogP contribution in [0, 0.1) is 5.82 Å². The number of carbonyl (C=O) groups excluding carboxylic acids is 1. The van der Waals surface area contributed by atoms with Crippen molar-refractivity contribution in [1.29, 1.82) is 0 Å². The molecular formula is C16H14F7N3O2. The Hall–Kier alpha value is -2.63. The molecule has 0 atom stereocenters. The summed E-state index contributed by atoms with van der Waals surface area (Å²) in [5, 5.41) is 5.61. The number of nitrogens with zero attached hydrogens (tertiary/aromatic N) is 2. The van der Waals surface area contributed by atoms with E-state index in [1.54, 1.807) is 0 Å². The van der Waals surface area contributed by atoms with Crippen LogP contribution in [0.4, 0.5) is 30.7 Å². The molecule has 0 saturated heterocycles. The second kappa shape index (κ2) is 8.59. The summed E-state index contributed by atoms with van der Waals surface area (Å²) in [6.45, 7) is -2.03. The first-order valence-corrected chi connectivity index (χ1v) is 7.83. The topological polar surface area (TPSA) is 56.1 Å². The molecule has 28 heavy (non-hydrogen) atoms. The molecule has 0 aliphatic rings. The van der Waals surface area contributed by atoms with Gasteiger partial charge in [-0.2, -0.15) is 31.4 Å². The summed E-state index contributed by atoms with van der Waals surface area (Å²) in [6, 6.07) is 4.60. The second-order valence-corrected chi connectivity index (χ2v) is 5.55. The number of carbonyl (C=O) groups is 1. The van der Waals surface area contributed by atoms with Crippen LogP contribution in [-0.4, -0.2) is 41.6 Å². The van der Waals surface area contributed by atoms with Crippen LogP contribution in [0.25, 0.3) is 5.69 Å². The summed E-state index contributed by atoms with van der Waals surface area (Å²) < 4.78 is 94.4. The van der Waals surface area contributed by atoms with Crippen LogP contribution in [-0.2, 0) is 10.9 Å². The summed E-state index contributed by atoms with van der Waals surface area (Å²) in [4.78, 5) is 12.1. The second-order valence-electron chi connectivity index (χ2n) is 5.55. The highest BCUT2D eigenvalue weighted by molar-refractivity contribution is 5.95. The van der Waals surface area contributed by atoms with Gasteiger partial charge in [0.25, 0.3) is 5.91 Å². The Labute approximate surface area is 154 Å². The standard InChI is InChI=1S/C16H14F7N3O2/c17-11-4-1-2-5-12(11)26-13(16(21,22)23)10(8-25-26)14(27)24-6-3-7-28-9-15(18,19)20/h1-2,4-5,8H,3,6-7,9H2,(H,24,27). The Morgan fingerprint density at radius 2 is 1.82 bits per heavy atom. The average Bonchev–Trinajstić information content (AvgIpc) is 3.02. The van der Waals surface area contributed by atoms with Gasteiger partial charge in [0.05, 0.1) is 11.8 Å². The van der Waals surface area contributed by atoms with Crippen LogP contribution in [0.5, 0.6) is 0 Å². The summed E-state index contributed by atoms with van der Waals surface area (Å²) in [5.41, 5.74) is -2.80. The highest BCUT2D eigenvalue weighted by Crippen LogP contribution is 2.34. The molecule has 12 heteroatoms. The molecule has 1 amide bonds. The Bertz CT molecular complexity index is 815. The lowest BCUT2D eigenvalue weighted by atomic mass is 10.2. The van der Waals surface area contributed by atoms with Gasteiger partial charge in [-0.25, -0.2) is 9.07 Å². The Morgan fingerprint density at radius 3 is 2.43 bits per heavy atom. The SMILES string of the molecule is O=C(NCCCOCC(F)(F)F)c1cnn(-c2ccccc2F)c1C(F)(F)F. The molecule has 1 N–H and O–H groups in total. The molecule has 0 aliphatic carbocycles. The number of halogens is 7. The van der Waals surface area contributed by atoms with Crippen LogP contribution in [0.2, 0.25) is 0 Å². The molecule has 1 aromatic heterocycles. The van der Waals surface area contributed by atoms with E-state index in [1.165, 1.54) is 12.1 Å². The number of nitrogens with one attached hydrogen (secondary N) is 1. The molecule has 2 aromatic rings. The molecule has 154 valence electrons. The number of alkyl halides is 6. The van der Waals surface area contributed by atoms with Crippen LogP contribution in [0.3, 0.4) is 0 Å². The minimum Gasteiger partial charge on any atom is -0.372 e. The van der Waals surface area contributed by atoms with E-state index in [4.69, 9.17) is 0 Å². The smallest absolute Gasteiger partial charge is 0.372 e. The number of benzene rings is 1. The molecule has 0 aliphatic heterocycles. The van der Waals surface area contributed by atoms with Crippen molar-refractivity contribution in [3.05, 3.63) is 47.5 Å². The number of ether oxygens (including phenoxy) is 1. The molecule has 0 bridgehead atoms. The third-order valence-electron chi connectivity index (χ3n) is 3.38. The van der Waals surface area contributed by atoms with E-state index in [0.717, 1.165) is 12.1 Å². The minimum absolute atomic E-state index is 0.0510. The van der Waals surface area contributed by atoms with Gasteiger partial charge in [-0.3, -0.25) is 4.79 Å². The van der Waals surface area contributed by atoms with Crippen LogP contribution < -0.4 is 5.32 Å². The van der Waals surface area contributed by atoms with Gasteiger partial charge in [-0.15, -0.1) is 0 Å². The first-order chi connectivity index (χ1) is 13.0. The zero-order valence-corrected chi connectivity index (χ0v) is 14.1. The van der Waals surface area contributed by atoms with E-state index in [0.29, 0.717) is 6.20 Å². The van der Waals surface area contributed by atoms with Crippen molar-refractivity contribution in [2.24, 2.45) is 0 Å². The van der Waals surface area contributed by atoms with Crippen LogP contribution >= 0.6 is 0 Å². The monoisotopic (exact) mass is 413 g/mol. The van der Waals surface area contributed by atoms with Crippen molar-refractivity contribution in [2.45, 2.75) is 18.8 Å². The van der Waals surface area contributed by atoms with Crippen molar-refractivity contribution in [3.63, 3.8) is 0 Å². The summed E-state index contributed by atoms with van der Waals surface area (Å²) >= 11 is 0. The largest absolute Gasteiger partial charge is 0.434 e. The zero-order valence-electron chi connectivity index (χ0n) is 14.1. The fourth-order valence-electron chi connectivity index (χ4n) is 2.25. The van der Waals surface area contributed by atoms with Crippen LogP contribution in [0.1, 0.15) is 22.5 Å². The van der Waals surface area contributed by atoms with E-state index >= 15 is 0 Å². The number of para-hydroxylation sites is 1. The first-order valence-electron chi connectivity index (χ1n) is 7.83. The predicted octanol–water partition coefficient (Wildman–Crippen LogP) is 3.73. The van der Waals surface area contributed by atoms with E-state index in [9.17, 15) is 35.5 Å². The lowest BCUT2D eigenvalue weighted by molar-refractivity contribution is -0.173. The van der Waals surface area contributed by atoms with E-state index in [-0.39, 0.29) is 24.3 Å². The fourth-order valence-corrected chi connectivity index (χ4v) is 2.25. The molecule has 0 unspecified atom stereocenters. The maximum atomic E-state index is 13.8. The highest BCUT2D eigenvalue weighted by atomic mass is 19.4. The van der Waals surface area contributed by atoms with Crippen LogP contribution in [0.15, 0.2) is 30.5 Å². The summed E-state index contributed by atoms with van der Waals surface area (Å²) in [6.07, 6.45) is -8.91. The molecule has 2 rings (SSSR count). The summed E-state index contributed by atoms with van der Waals surface area (Å²) in [7, 11) is 0. The van der Waals surface area contributed by atoms with E-state index in [2.05, 4.69) is 15.2 Å². The summed E-state index contributed by atoms with van der Waals surface area (Å²) in [5.74, 6) is -2.12. The van der Waals surface area contributed by atoms with Crippen molar-refractivity contribution >= 4 is 5.91 Å². The number of amides is 1. The van der Waals surface area contributed by atoms with Gasteiger partial charge in [-0.1, -0.05) is 12.1 Å². The van der Waals surface area contributed by atoms with Gasteiger partial charge < -0.3 is 10.1 Å². The molecule has 0 radical (unpaired) electrons. The third-order valence-corrected chi connectivity index (χ3v) is 3.38. The zero-order chi connectivity index (χ0) is 20.9. The van der Waals surface area contributed by atoms with Gasteiger partial charge in [0.2, 0.25) is 0 Å². The minimum atomic E-state index is -5.01. The quantitative estimate of drug-likeness (QED) is 0.556. The van der Waals surface area contributed by atoms with Crippen molar-refractivity contribution in [1.82, 2.24) is 15.1 Å². The van der Waals surface area contributed by atoms with E-state index < -0.39 is 47.6 Å². The Balaban J connectivity index is 2.09. The number of hydrogen-bond acceptors (Lipinski definition) is 3. The molecule has 1 aromatic carbocycles. The van der Waals surface area contributed by atoms with Gasteiger partial charge in [0.15, 0.2) is 5.69 Å². The number of hydrogen-bond donors (Lipinski definition) is 1. The lowest BCUT2D eigenvalue weighted by Crippen LogP contribution is -2.28. The predicted molar refractivity (Wildman–Crippen MR) is 82.3 cm³/mol. The first kappa shape index (κ1) is 21.7. The average molecular weight is 413 g/mol. The highest BCUT2D eigenvalue weighted by Gasteiger charge is 2.41. The molecule has 5 nitrogen and oxygen atoms in total. The molecule has 1 heterocycles. The van der Waals surface area contributed by atoms with Crippen molar-refractivity contribution < 1.29 is 40.3 Å². The Morgan fingerprint density at radius 1 is 1.14 bits per heavy atom. The normalized spacial score (nSPS) is 12.2.